The van der Waals surface area contributed by atoms with Gasteiger partial charge in [-0.2, -0.15) is 0 Å². The number of furan rings is 1. The fraction of sp³-hybridized carbons (Fsp3) is 0.148. The van der Waals surface area contributed by atoms with Gasteiger partial charge < -0.3 is 14.5 Å². The quantitative estimate of drug-likeness (QED) is 0.398. The summed E-state index contributed by atoms with van der Waals surface area (Å²) in [6.45, 7) is 2.91. The number of benzene rings is 3. The lowest BCUT2D eigenvalue weighted by atomic mass is 10.1. The highest BCUT2D eigenvalue weighted by atomic mass is 16.5. The molecule has 0 fully saturated rings. The summed E-state index contributed by atoms with van der Waals surface area (Å²) in [6, 6.07) is 29.7. The molecule has 1 N–H and O–H groups in total. The fourth-order valence-electron chi connectivity index (χ4n) is 3.36. The normalized spacial score (nSPS) is 10.6. The number of aryl methyl sites for hydroxylation is 1. The highest BCUT2D eigenvalue weighted by molar-refractivity contribution is 5.96. The third kappa shape index (κ3) is 5.43. The van der Waals surface area contributed by atoms with Crippen LogP contribution in [0.15, 0.2) is 95.4 Å². The molecule has 0 saturated heterocycles. The van der Waals surface area contributed by atoms with Gasteiger partial charge in [-0.3, -0.25) is 4.79 Å². The molecule has 3 aromatic carbocycles. The molecule has 1 heterocycles. The number of hydrogen-bond acceptors (Lipinski definition) is 3. The molecule has 0 aliphatic rings. The molecule has 4 aromatic rings. The standard InChI is InChI=1S/C27H25NO3/c1-20-25(18-26(31-20)23-10-6-3-7-11-23)27(29)28-17-16-21-12-14-24(15-13-21)30-19-22-8-4-2-5-9-22/h2-15,18H,16-17,19H2,1H3,(H,28,29). The Hall–Kier alpha value is -3.79. The zero-order chi connectivity index (χ0) is 21.5. The van der Waals surface area contributed by atoms with Crippen LogP contribution in [0.2, 0.25) is 0 Å². The lowest BCUT2D eigenvalue weighted by molar-refractivity contribution is 0.0952. The van der Waals surface area contributed by atoms with Gasteiger partial charge in [-0.15, -0.1) is 0 Å². The Bertz CT molecular complexity index is 1120. The van der Waals surface area contributed by atoms with E-state index in [0.717, 1.165) is 28.9 Å². The first-order chi connectivity index (χ1) is 15.2. The zero-order valence-electron chi connectivity index (χ0n) is 17.5. The molecule has 156 valence electrons. The Labute approximate surface area is 182 Å². The summed E-state index contributed by atoms with van der Waals surface area (Å²) in [7, 11) is 0. The molecule has 0 bridgehead atoms. The molecule has 0 atom stereocenters. The zero-order valence-corrected chi connectivity index (χ0v) is 17.5. The maximum absolute atomic E-state index is 12.6. The molecule has 31 heavy (non-hydrogen) atoms. The Morgan fingerprint density at radius 3 is 2.26 bits per heavy atom. The predicted octanol–water partition coefficient (Wildman–Crippen LogP) is 5.81. The topological polar surface area (TPSA) is 51.5 Å². The van der Waals surface area contributed by atoms with Crippen molar-refractivity contribution in [2.45, 2.75) is 20.0 Å². The first-order valence-corrected chi connectivity index (χ1v) is 10.4. The molecule has 0 radical (unpaired) electrons. The second-order valence-corrected chi connectivity index (χ2v) is 7.37. The van der Waals surface area contributed by atoms with Crippen molar-refractivity contribution < 1.29 is 13.9 Å². The van der Waals surface area contributed by atoms with E-state index in [9.17, 15) is 4.79 Å². The van der Waals surface area contributed by atoms with Crippen LogP contribution in [0.3, 0.4) is 0 Å². The molecule has 1 aromatic heterocycles. The van der Waals surface area contributed by atoms with E-state index in [2.05, 4.69) is 5.32 Å². The number of nitrogens with one attached hydrogen (secondary N) is 1. The molecule has 0 spiro atoms. The molecule has 0 aliphatic heterocycles. The van der Waals surface area contributed by atoms with E-state index < -0.39 is 0 Å². The molecular formula is C27H25NO3. The van der Waals surface area contributed by atoms with E-state index in [4.69, 9.17) is 9.15 Å². The summed E-state index contributed by atoms with van der Waals surface area (Å²) in [6.07, 6.45) is 0.743. The monoisotopic (exact) mass is 411 g/mol. The average molecular weight is 412 g/mol. The van der Waals surface area contributed by atoms with Crippen LogP contribution in [0.1, 0.15) is 27.2 Å². The van der Waals surface area contributed by atoms with E-state index in [0.29, 0.717) is 30.2 Å². The van der Waals surface area contributed by atoms with Gasteiger partial charge in [0, 0.05) is 12.1 Å². The van der Waals surface area contributed by atoms with E-state index >= 15 is 0 Å². The predicted molar refractivity (Wildman–Crippen MR) is 122 cm³/mol. The molecule has 0 saturated carbocycles. The number of hydrogen-bond donors (Lipinski definition) is 1. The van der Waals surface area contributed by atoms with Gasteiger partial charge in [-0.1, -0.05) is 72.8 Å². The first kappa shape index (κ1) is 20.5. The van der Waals surface area contributed by atoms with Crippen molar-refractivity contribution in [1.29, 1.82) is 0 Å². The van der Waals surface area contributed by atoms with Gasteiger partial charge in [0.25, 0.3) is 5.91 Å². The lowest BCUT2D eigenvalue weighted by Crippen LogP contribution is -2.25. The largest absolute Gasteiger partial charge is 0.489 e. The Morgan fingerprint density at radius 1 is 0.871 bits per heavy atom. The van der Waals surface area contributed by atoms with Crippen molar-refractivity contribution >= 4 is 5.91 Å². The van der Waals surface area contributed by atoms with Gasteiger partial charge in [0.15, 0.2) is 0 Å². The van der Waals surface area contributed by atoms with Gasteiger partial charge in [0.05, 0.1) is 5.56 Å². The van der Waals surface area contributed by atoms with E-state index in [1.165, 1.54) is 0 Å². The minimum atomic E-state index is -0.119. The van der Waals surface area contributed by atoms with Gasteiger partial charge in [0.1, 0.15) is 23.9 Å². The van der Waals surface area contributed by atoms with Gasteiger partial charge >= 0.3 is 0 Å². The SMILES string of the molecule is Cc1oc(-c2ccccc2)cc1C(=O)NCCc1ccc(OCc2ccccc2)cc1. The summed E-state index contributed by atoms with van der Waals surface area (Å²) in [5.74, 6) is 2.04. The van der Waals surface area contributed by atoms with Crippen LogP contribution in [-0.2, 0) is 13.0 Å². The summed E-state index contributed by atoms with van der Waals surface area (Å²) in [5, 5.41) is 2.98. The van der Waals surface area contributed by atoms with E-state index in [1.54, 1.807) is 6.07 Å². The number of amides is 1. The molecule has 4 heteroatoms. The highest BCUT2D eigenvalue weighted by Crippen LogP contribution is 2.25. The third-order valence-electron chi connectivity index (χ3n) is 5.09. The summed E-state index contributed by atoms with van der Waals surface area (Å²) >= 11 is 0. The molecular weight excluding hydrogens is 386 g/mol. The van der Waals surface area contributed by atoms with Crippen molar-refractivity contribution in [3.63, 3.8) is 0 Å². The van der Waals surface area contributed by atoms with Gasteiger partial charge in [0.2, 0.25) is 0 Å². The molecule has 4 rings (SSSR count). The molecule has 1 amide bonds. The van der Waals surface area contributed by atoms with Crippen molar-refractivity contribution in [2.75, 3.05) is 6.54 Å². The Kier molecular flexibility index (Phi) is 6.48. The van der Waals surface area contributed by atoms with Crippen molar-refractivity contribution in [2.24, 2.45) is 0 Å². The minimum absolute atomic E-state index is 0.119. The van der Waals surface area contributed by atoms with Crippen molar-refractivity contribution in [3.05, 3.63) is 113 Å². The van der Waals surface area contributed by atoms with Crippen LogP contribution in [0.5, 0.6) is 5.75 Å². The summed E-state index contributed by atoms with van der Waals surface area (Å²) in [5.41, 5.74) is 3.81. The second-order valence-electron chi connectivity index (χ2n) is 7.37. The lowest BCUT2D eigenvalue weighted by Gasteiger charge is -2.08. The highest BCUT2D eigenvalue weighted by Gasteiger charge is 2.15. The van der Waals surface area contributed by atoms with Crippen LogP contribution < -0.4 is 10.1 Å². The summed E-state index contributed by atoms with van der Waals surface area (Å²) < 4.78 is 11.6. The Balaban J connectivity index is 1.27. The van der Waals surface area contributed by atoms with Gasteiger partial charge in [-0.05, 0) is 42.7 Å². The number of rotatable bonds is 8. The number of carbonyl (C=O) groups excluding carboxylic acids is 1. The maximum atomic E-state index is 12.6. The molecule has 4 nitrogen and oxygen atoms in total. The van der Waals surface area contributed by atoms with Crippen LogP contribution >= 0.6 is 0 Å². The van der Waals surface area contributed by atoms with Crippen LogP contribution in [0, 0.1) is 6.92 Å². The van der Waals surface area contributed by atoms with Crippen molar-refractivity contribution in [1.82, 2.24) is 5.32 Å². The van der Waals surface area contributed by atoms with Crippen LogP contribution in [0.4, 0.5) is 0 Å². The van der Waals surface area contributed by atoms with E-state index in [1.807, 2.05) is 91.9 Å². The number of ether oxygens (including phenoxy) is 1. The first-order valence-electron chi connectivity index (χ1n) is 10.4. The van der Waals surface area contributed by atoms with Crippen LogP contribution in [-0.4, -0.2) is 12.5 Å². The molecule has 0 unspecified atom stereocenters. The number of carbonyl (C=O) groups is 1. The molecule has 0 aliphatic carbocycles. The Morgan fingerprint density at radius 2 is 1.55 bits per heavy atom. The third-order valence-corrected chi connectivity index (χ3v) is 5.09. The van der Waals surface area contributed by atoms with E-state index in [-0.39, 0.29) is 5.91 Å². The maximum Gasteiger partial charge on any atom is 0.254 e. The second kappa shape index (κ2) is 9.81. The van der Waals surface area contributed by atoms with Crippen LogP contribution in [0.25, 0.3) is 11.3 Å². The fourth-order valence-corrected chi connectivity index (χ4v) is 3.36. The smallest absolute Gasteiger partial charge is 0.254 e. The minimum Gasteiger partial charge on any atom is -0.489 e. The van der Waals surface area contributed by atoms with Gasteiger partial charge in [-0.25, -0.2) is 0 Å². The summed E-state index contributed by atoms with van der Waals surface area (Å²) in [4.78, 5) is 12.6. The van der Waals surface area contributed by atoms with Crippen molar-refractivity contribution in [3.8, 4) is 17.1 Å². The average Bonchev–Trinajstić information content (AvgIpc) is 3.21.